The maximum atomic E-state index is 12.1. The van der Waals surface area contributed by atoms with Gasteiger partial charge in [-0.3, -0.25) is 9.59 Å². The van der Waals surface area contributed by atoms with Crippen LogP contribution in [0.2, 0.25) is 18.1 Å². The zero-order valence-corrected chi connectivity index (χ0v) is 15.9. The lowest BCUT2D eigenvalue weighted by molar-refractivity contribution is -0.138. The third-order valence-electron chi connectivity index (χ3n) is 4.49. The van der Waals surface area contributed by atoms with Crippen LogP contribution in [0.15, 0.2) is 0 Å². The van der Waals surface area contributed by atoms with E-state index in [4.69, 9.17) is 15.3 Å². The minimum absolute atomic E-state index is 0.0918. The van der Waals surface area contributed by atoms with E-state index in [0.29, 0.717) is 12.8 Å². The van der Waals surface area contributed by atoms with Crippen molar-refractivity contribution >= 4 is 20.1 Å². The molecule has 3 N–H and O–H groups in total. The smallest absolute Gasteiger partial charge is 0.320 e. The quantitative estimate of drug-likeness (QED) is 0.473. The maximum Gasteiger partial charge on any atom is 0.320 e. The van der Waals surface area contributed by atoms with E-state index in [0.717, 1.165) is 19.3 Å². The fourth-order valence-electron chi connectivity index (χ4n) is 1.85. The van der Waals surface area contributed by atoms with Crippen LogP contribution in [0.25, 0.3) is 0 Å². The predicted octanol–water partition coefficient (Wildman–Crippen LogP) is 3.33. The molecule has 0 fully saturated rings. The predicted molar refractivity (Wildman–Crippen MR) is 91.4 cm³/mol. The summed E-state index contributed by atoms with van der Waals surface area (Å²) in [6, 6.07) is -0.795. The third kappa shape index (κ3) is 7.51. The van der Waals surface area contributed by atoms with Crippen LogP contribution in [0.3, 0.4) is 0 Å². The van der Waals surface area contributed by atoms with Gasteiger partial charge in [-0.1, -0.05) is 33.6 Å². The molecule has 0 heterocycles. The van der Waals surface area contributed by atoms with Gasteiger partial charge in [0.15, 0.2) is 14.1 Å². The number of carbonyl (C=O) groups excluding carboxylic acids is 1. The molecule has 0 radical (unpaired) electrons. The van der Waals surface area contributed by atoms with Crippen LogP contribution in [-0.4, -0.2) is 37.3 Å². The monoisotopic (exact) mass is 331 g/mol. The van der Waals surface area contributed by atoms with Crippen molar-refractivity contribution in [3.63, 3.8) is 0 Å². The number of hydrogen-bond acceptors (Lipinski definition) is 4. The zero-order valence-electron chi connectivity index (χ0n) is 14.9. The van der Waals surface area contributed by atoms with Crippen molar-refractivity contribution in [2.75, 3.05) is 0 Å². The van der Waals surface area contributed by atoms with E-state index < -0.39 is 20.3 Å². The summed E-state index contributed by atoms with van der Waals surface area (Å²) in [5.41, 5.74) is 5.43. The standard InChI is InChI=1S/C16H33NO4Si/c1-12(21-22(5,6)16(2,3)4)14(18)11-9-7-8-10-13(17)15(19)20/h12-13H,7-11,17H2,1-6H3,(H,19,20)/t12-,13-/m0/s1. The summed E-state index contributed by atoms with van der Waals surface area (Å²) >= 11 is 0. The number of nitrogens with two attached hydrogens (primary N) is 1. The van der Waals surface area contributed by atoms with E-state index in [2.05, 4.69) is 33.9 Å². The molecule has 0 aromatic rings. The van der Waals surface area contributed by atoms with E-state index in [1.165, 1.54) is 0 Å². The van der Waals surface area contributed by atoms with Crippen LogP contribution >= 0.6 is 0 Å². The maximum absolute atomic E-state index is 12.1. The molecule has 0 amide bonds. The van der Waals surface area contributed by atoms with Crippen molar-refractivity contribution < 1.29 is 19.1 Å². The summed E-state index contributed by atoms with van der Waals surface area (Å²) < 4.78 is 6.08. The number of carbonyl (C=O) groups is 2. The normalized spacial score (nSPS) is 15.4. The molecule has 0 aliphatic heterocycles. The third-order valence-corrected chi connectivity index (χ3v) is 9.04. The van der Waals surface area contributed by atoms with Gasteiger partial charge in [0.1, 0.15) is 12.1 Å². The molecular weight excluding hydrogens is 298 g/mol. The van der Waals surface area contributed by atoms with Crippen LogP contribution in [0.4, 0.5) is 0 Å². The molecule has 2 atom stereocenters. The number of carboxylic acids is 1. The Bertz CT molecular complexity index is 377. The van der Waals surface area contributed by atoms with Gasteiger partial charge in [0, 0.05) is 6.42 Å². The van der Waals surface area contributed by atoms with Crippen molar-refractivity contribution in [2.45, 2.75) is 90.1 Å². The highest BCUT2D eigenvalue weighted by Crippen LogP contribution is 2.37. The summed E-state index contributed by atoms with van der Waals surface area (Å²) in [5, 5.41) is 8.77. The molecule has 6 heteroatoms. The fourth-order valence-corrected chi connectivity index (χ4v) is 3.22. The second-order valence-electron chi connectivity index (χ2n) is 7.53. The molecule has 0 unspecified atom stereocenters. The van der Waals surface area contributed by atoms with E-state index >= 15 is 0 Å². The topological polar surface area (TPSA) is 89.6 Å². The molecule has 0 saturated heterocycles. The van der Waals surface area contributed by atoms with Crippen LogP contribution in [0.5, 0.6) is 0 Å². The molecule has 0 aliphatic carbocycles. The Morgan fingerprint density at radius 1 is 1.18 bits per heavy atom. The van der Waals surface area contributed by atoms with Gasteiger partial charge in [0.05, 0.1) is 0 Å². The molecule has 22 heavy (non-hydrogen) atoms. The Labute approximate surface area is 135 Å². The number of aliphatic carboxylic acids is 1. The second kappa shape index (κ2) is 8.79. The SMILES string of the molecule is C[C@H](O[Si](C)(C)C(C)(C)C)C(=O)CCCCC[C@H](N)C(=O)O. The van der Waals surface area contributed by atoms with Crippen molar-refractivity contribution in [3.8, 4) is 0 Å². The average Bonchev–Trinajstić information content (AvgIpc) is 2.35. The van der Waals surface area contributed by atoms with Gasteiger partial charge in [-0.25, -0.2) is 0 Å². The molecule has 0 spiro atoms. The van der Waals surface area contributed by atoms with Gasteiger partial charge in [-0.05, 0) is 37.9 Å². The summed E-state index contributed by atoms with van der Waals surface area (Å²) in [7, 11) is -1.92. The minimum atomic E-state index is -1.92. The first kappa shape index (κ1) is 21.3. The van der Waals surface area contributed by atoms with Crippen LogP contribution < -0.4 is 5.73 Å². The lowest BCUT2D eigenvalue weighted by atomic mass is 10.1. The lowest BCUT2D eigenvalue weighted by Crippen LogP contribution is -2.45. The molecule has 5 nitrogen and oxygen atoms in total. The van der Waals surface area contributed by atoms with Crippen molar-refractivity contribution in [1.82, 2.24) is 0 Å². The van der Waals surface area contributed by atoms with Crippen molar-refractivity contribution in [3.05, 3.63) is 0 Å². The number of carboxylic acid groups (broad SMARTS) is 1. The fraction of sp³-hybridized carbons (Fsp3) is 0.875. The number of hydrogen-bond donors (Lipinski definition) is 2. The Kier molecular flexibility index (Phi) is 8.50. The van der Waals surface area contributed by atoms with Gasteiger partial charge in [-0.15, -0.1) is 0 Å². The Morgan fingerprint density at radius 2 is 1.73 bits per heavy atom. The summed E-state index contributed by atoms with van der Waals surface area (Å²) in [6.45, 7) is 12.6. The minimum Gasteiger partial charge on any atom is -0.480 e. The average molecular weight is 332 g/mol. The molecular formula is C16H33NO4Si. The first-order valence-electron chi connectivity index (χ1n) is 8.07. The Balaban J connectivity index is 4.05. The molecule has 0 aromatic carbocycles. The first-order valence-corrected chi connectivity index (χ1v) is 11.0. The number of Topliss-reactive ketones (excluding diaryl/α,β-unsaturated/α-hetero) is 1. The lowest BCUT2D eigenvalue weighted by Gasteiger charge is -2.38. The van der Waals surface area contributed by atoms with Gasteiger partial charge >= 0.3 is 5.97 Å². The number of rotatable bonds is 10. The van der Waals surface area contributed by atoms with Crippen LogP contribution in [0, 0.1) is 0 Å². The van der Waals surface area contributed by atoms with E-state index in [1.54, 1.807) is 0 Å². The molecule has 0 aliphatic rings. The number of ketones is 1. The highest BCUT2D eigenvalue weighted by molar-refractivity contribution is 6.74. The Morgan fingerprint density at radius 3 is 2.18 bits per heavy atom. The largest absolute Gasteiger partial charge is 0.480 e. The molecule has 130 valence electrons. The molecule has 0 bridgehead atoms. The highest BCUT2D eigenvalue weighted by Gasteiger charge is 2.39. The van der Waals surface area contributed by atoms with Crippen molar-refractivity contribution in [1.29, 1.82) is 0 Å². The first-order chi connectivity index (χ1) is 9.88. The van der Waals surface area contributed by atoms with Gasteiger partial charge in [-0.2, -0.15) is 0 Å². The van der Waals surface area contributed by atoms with Gasteiger partial charge < -0.3 is 15.3 Å². The van der Waals surface area contributed by atoms with Gasteiger partial charge in [0.2, 0.25) is 0 Å². The van der Waals surface area contributed by atoms with Crippen molar-refractivity contribution in [2.24, 2.45) is 5.73 Å². The Hall–Kier alpha value is -0.723. The highest BCUT2D eigenvalue weighted by atomic mass is 28.4. The summed E-state index contributed by atoms with van der Waals surface area (Å²) in [5.74, 6) is -0.833. The molecule has 0 saturated carbocycles. The van der Waals surface area contributed by atoms with E-state index in [9.17, 15) is 9.59 Å². The zero-order chi connectivity index (χ0) is 17.6. The van der Waals surface area contributed by atoms with Crippen LogP contribution in [0.1, 0.15) is 59.8 Å². The summed E-state index contributed by atoms with van der Waals surface area (Å²) in [4.78, 5) is 22.7. The number of unbranched alkanes of at least 4 members (excludes halogenated alkanes) is 2. The van der Waals surface area contributed by atoms with Gasteiger partial charge in [0.25, 0.3) is 0 Å². The summed E-state index contributed by atoms with van der Waals surface area (Å²) in [6.07, 6.45) is 2.90. The molecule has 0 rings (SSSR count). The van der Waals surface area contributed by atoms with E-state index in [1.807, 2.05) is 6.92 Å². The second-order valence-corrected chi connectivity index (χ2v) is 12.3. The van der Waals surface area contributed by atoms with E-state index in [-0.39, 0.29) is 16.9 Å². The molecule has 0 aromatic heterocycles. The van der Waals surface area contributed by atoms with Crippen LogP contribution in [-0.2, 0) is 14.0 Å².